The largest absolute Gasteiger partial charge is 0.381 e. The molecule has 0 aliphatic heterocycles. The molecule has 3 rings (SSSR count). The monoisotopic (exact) mass is 345 g/mol. The molecule has 0 aliphatic rings. The van der Waals surface area contributed by atoms with Gasteiger partial charge in [-0.2, -0.15) is 0 Å². The van der Waals surface area contributed by atoms with Crippen LogP contribution in [0.25, 0.3) is 0 Å². The molecule has 0 atom stereocenters. The Balaban J connectivity index is 1.65. The normalized spacial score (nSPS) is 10.2. The predicted molar refractivity (Wildman–Crippen MR) is 102 cm³/mol. The summed E-state index contributed by atoms with van der Waals surface area (Å²) >= 11 is 0. The maximum absolute atomic E-state index is 12.4. The van der Waals surface area contributed by atoms with E-state index in [1.807, 2.05) is 36.4 Å². The number of benzene rings is 2. The molecule has 5 nitrogen and oxygen atoms in total. The summed E-state index contributed by atoms with van der Waals surface area (Å²) in [6.45, 7) is 2.17. The van der Waals surface area contributed by atoms with Crippen LogP contribution in [0.2, 0.25) is 0 Å². The molecule has 0 aliphatic carbocycles. The van der Waals surface area contributed by atoms with E-state index in [1.54, 1.807) is 36.5 Å². The quantitative estimate of drug-likeness (QED) is 0.659. The van der Waals surface area contributed by atoms with Gasteiger partial charge in [0.05, 0.1) is 0 Å². The Hall–Kier alpha value is -3.47. The molecule has 0 fully saturated rings. The number of ketones is 1. The minimum Gasteiger partial charge on any atom is -0.381 e. The van der Waals surface area contributed by atoms with Crippen molar-refractivity contribution in [3.8, 4) is 0 Å². The summed E-state index contributed by atoms with van der Waals surface area (Å²) in [7, 11) is 0. The second-order valence-corrected chi connectivity index (χ2v) is 5.86. The third-order valence-electron chi connectivity index (χ3n) is 3.88. The van der Waals surface area contributed by atoms with Crippen LogP contribution in [0.3, 0.4) is 0 Å². The molecule has 0 spiro atoms. The number of Topliss-reactive ketones (excluding diaryl/α,β-unsaturated/α-hetero) is 1. The van der Waals surface area contributed by atoms with Gasteiger partial charge in [-0.15, -0.1) is 0 Å². The van der Waals surface area contributed by atoms with E-state index >= 15 is 0 Å². The Labute approximate surface area is 152 Å². The third-order valence-corrected chi connectivity index (χ3v) is 3.88. The topological polar surface area (TPSA) is 71.1 Å². The molecule has 0 saturated carbocycles. The van der Waals surface area contributed by atoms with Crippen molar-refractivity contribution < 1.29 is 9.59 Å². The van der Waals surface area contributed by atoms with Crippen LogP contribution in [0.4, 0.5) is 11.4 Å². The Kier molecular flexibility index (Phi) is 5.39. The summed E-state index contributed by atoms with van der Waals surface area (Å²) in [5, 5.41) is 6.07. The number of amides is 1. The molecule has 130 valence electrons. The van der Waals surface area contributed by atoms with Gasteiger partial charge in [0.1, 0.15) is 5.69 Å². The van der Waals surface area contributed by atoms with Crippen LogP contribution >= 0.6 is 0 Å². The highest BCUT2D eigenvalue weighted by Crippen LogP contribution is 2.14. The lowest BCUT2D eigenvalue weighted by Crippen LogP contribution is -2.14. The molecule has 2 N–H and O–H groups in total. The van der Waals surface area contributed by atoms with E-state index < -0.39 is 0 Å². The van der Waals surface area contributed by atoms with Crippen LogP contribution in [0.15, 0.2) is 72.9 Å². The summed E-state index contributed by atoms with van der Waals surface area (Å²) < 4.78 is 0. The molecule has 1 aromatic heterocycles. The van der Waals surface area contributed by atoms with Gasteiger partial charge < -0.3 is 10.6 Å². The van der Waals surface area contributed by atoms with Crippen molar-refractivity contribution in [1.82, 2.24) is 4.98 Å². The number of hydrogen-bond acceptors (Lipinski definition) is 4. The number of pyridine rings is 1. The predicted octanol–water partition coefficient (Wildman–Crippen LogP) is 4.15. The van der Waals surface area contributed by atoms with Crippen molar-refractivity contribution in [3.63, 3.8) is 0 Å². The SMILES string of the molecule is CC(=O)c1ccc(NC(=O)c2cc(NCc3ccccc3)ccn2)cc1. The summed E-state index contributed by atoms with van der Waals surface area (Å²) in [5.74, 6) is -0.314. The maximum atomic E-state index is 12.4. The van der Waals surface area contributed by atoms with Gasteiger partial charge in [-0.3, -0.25) is 14.6 Å². The molecule has 2 aromatic carbocycles. The van der Waals surface area contributed by atoms with E-state index in [9.17, 15) is 9.59 Å². The van der Waals surface area contributed by atoms with E-state index in [1.165, 1.54) is 6.92 Å². The number of carbonyl (C=O) groups is 2. The zero-order valence-electron chi connectivity index (χ0n) is 14.4. The van der Waals surface area contributed by atoms with Gasteiger partial charge in [-0.25, -0.2) is 0 Å². The van der Waals surface area contributed by atoms with Crippen LogP contribution in [-0.2, 0) is 6.54 Å². The van der Waals surface area contributed by atoms with E-state index in [-0.39, 0.29) is 11.7 Å². The standard InChI is InChI=1S/C21H19N3O2/c1-15(25)17-7-9-18(10-8-17)24-21(26)20-13-19(11-12-22-20)23-14-16-5-3-2-4-6-16/h2-13H,14H2,1H3,(H,22,23)(H,24,26). The van der Waals surface area contributed by atoms with Crippen molar-refractivity contribution in [3.05, 3.63) is 89.7 Å². The summed E-state index contributed by atoms with van der Waals surface area (Å²) in [6, 6.07) is 20.3. The average Bonchev–Trinajstić information content (AvgIpc) is 2.68. The van der Waals surface area contributed by atoms with Gasteiger partial charge >= 0.3 is 0 Å². The molecular formula is C21H19N3O2. The fourth-order valence-corrected chi connectivity index (χ4v) is 2.45. The number of nitrogens with zero attached hydrogens (tertiary/aromatic N) is 1. The minimum atomic E-state index is -0.302. The van der Waals surface area contributed by atoms with Gasteiger partial charge in [-0.1, -0.05) is 30.3 Å². The molecule has 1 heterocycles. The van der Waals surface area contributed by atoms with Crippen LogP contribution in [0.1, 0.15) is 33.3 Å². The number of hydrogen-bond donors (Lipinski definition) is 2. The number of anilines is 2. The fourth-order valence-electron chi connectivity index (χ4n) is 2.45. The Bertz CT molecular complexity index is 906. The molecule has 26 heavy (non-hydrogen) atoms. The average molecular weight is 345 g/mol. The second-order valence-electron chi connectivity index (χ2n) is 5.86. The van der Waals surface area contributed by atoms with Crippen molar-refractivity contribution in [2.75, 3.05) is 10.6 Å². The van der Waals surface area contributed by atoms with Gasteiger partial charge in [-0.05, 0) is 48.9 Å². The van der Waals surface area contributed by atoms with Gasteiger partial charge in [0, 0.05) is 29.7 Å². The van der Waals surface area contributed by atoms with Crippen molar-refractivity contribution in [2.24, 2.45) is 0 Å². The number of aromatic nitrogens is 1. The minimum absolute atomic E-state index is 0.0123. The van der Waals surface area contributed by atoms with E-state index in [4.69, 9.17) is 0 Å². The molecule has 0 saturated heterocycles. The van der Waals surface area contributed by atoms with E-state index in [2.05, 4.69) is 15.6 Å². The first-order valence-corrected chi connectivity index (χ1v) is 8.28. The maximum Gasteiger partial charge on any atom is 0.274 e. The van der Waals surface area contributed by atoms with Crippen LogP contribution < -0.4 is 10.6 Å². The highest BCUT2D eigenvalue weighted by Gasteiger charge is 2.09. The van der Waals surface area contributed by atoms with Crippen molar-refractivity contribution in [1.29, 1.82) is 0 Å². The smallest absolute Gasteiger partial charge is 0.274 e. The van der Waals surface area contributed by atoms with Crippen molar-refractivity contribution >= 4 is 23.1 Å². The van der Waals surface area contributed by atoms with Gasteiger partial charge in [0.15, 0.2) is 5.78 Å². The molecular weight excluding hydrogens is 326 g/mol. The molecule has 5 heteroatoms. The summed E-state index contributed by atoms with van der Waals surface area (Å²) in [4.78, 5) is 27.8. The van der Waals surface area contributed by atoms with Gasteiger partial charge in [0.2, 0.25) is 0 Å². The fraction of sp³-hybridized carbons (Fsp3) is 0.0952. The third kappa shape index (κ3) is 4.54. The van der Waals surface area contributed by atoms with Gasteiger partial charge in [0.25, 0.3) is 5.91 Å². The molecule has 0 radical (unpaired) electrons. The molecule has 0 bridgehead atoms. The summed E-state index contributed by atoms with van der Waals surface area (Å²) in [6.07, 6.45) is 1.60. The van der Waals surface area contributed by atoms with Crippen molar-refractivity contribution in [2.45, 2.75) is 13.5 Å². The first-order chi connectivity index (χ1) is 12.6. The van der Waals surface area contributed by atoms with Crippen LogP contribution in [-0.4, -0.2) is 16.7 Å². The Morgan fingerprint density at radius 1 is 0.923 bits per heavy atom. The lowest BCUT2D eigenvalue weighted by Gasteiger charge is -2.09. The summed E-state index contributed by atoms with van der Waals surface area (Å²) in [5.41, 5.74) is 3.51. The first-order valence-electron chi connectivity index (χ1n) is 8.28. The molecule has 1 amide bonds. The Morgan fingerprint density at radius 2 is 1.65 bits per heavy atom. The highest BCUT2D eigenvalue weighted by molar-refractivity contribution is 6.03. The molecule has 3 aromatic rings. The highest BCUT2D eigenvalue weighted by atomic mass is 16.2. The number of nitrogens with one attached hydrogen (secondary N) is 2. The van der Waals surface area contributed by atoms with E-state index in [0.717, 1.165) is 11.3 Å². The zero-order chi connectivity index (χ0) is 18.4. The Morgan fingerprint density at radius 3 is 2.35 bits per heavy atom. The van der Waals surface area contributed by atoms with Crippen LogP contribution in [0.5, 0.6) is 0 Å². The lowest BCUT2D eigenvalue weighted by atomic mass is 10.1. The van der Waals surface area contributed by atoms with Crippen LogP contribution in [0, 0.1) is 0 Å². The lowest BCUT2D eigenvalue weighted by molar-refractivity contribution is 0.101. The second kappa shape index (κ2) is 8.07. The first kappa shape index (κ1) is 17.4. The zero-order valence-corrected chi connectivity index (χ0v) is 14.4. The molecule has 0 unspecified atom stereocenters. The van der Waals surface area contributed by atoms with E-state index in [0.29, 0.717) is 23.5 Å². The number of rotatable bonds is 6. The number of carbonyl (C=O) groups excluding carboxylic acids is 2.